The van der Waals surface area contributed by atoms with Gasteiger partial charge in [-0.2, -0.15) is 0 Å². The highest BCUT2D eigenvalue weighted by atomic mass is 16.5. The summed E-state index contributed by atoms with van der Waals surface area (Å²) in [5.41, 5.74) is 4.52. The van der Waals surface area contributed by atoms with Crippen molar-refractivity contribution in [2.75, 3.05) is 19.6 Å². The average molecular weight is 258 g/mol. The van der Waals surface area contributed by atoms with Crippen LogP contribution in [-0.4, -0.2) is 52.5 Å². The van der Waals surface area contributed by atoms with Crippen LogP contribution >= 0.6 is 0 Å². The predicted octanol–water partition coefficient (Wildman–Crippen LogP) is 1.36. The van der Waals surface area contributed by atoms with Crippen LogP contribution in [0.3, 0.4) is 0 Å². The Labute approximate surface area is 111 Å². The van der Waals surface area contributed by atoms with Gasteiger partial charge in [0.1, 0.15) is 0 Å². The number of morpholine rings is 1. The summed E-state index contributed by atoms with van der Waals surface area (Å²) in [7, 11) is 0. The highest BCUT2D eigenvalue weighted by Crippen LogP contribution is 2.30. The Bertz CT molecular complexity index is 272. The van der Waals surface area contributed by atoms with E-state index in [-0.39, 0.29) is 11.2 Å². The molecule has 2 unspecified atom stereocenters. The molecule has 0 amide bonds. The normalized spacial score (nSPS) is 28.7. The van der Waals surface area contributed by atoms with Gasteiger partial charge in [-0.05, 0) is 48.0 Å². The third-order valence-corrected chi connectivity index (χ3v) is 3.52. The molecule has 0 spiro atoms. The van der Waals surface area contributed by atoms with Crippen LogP contribution in [0, 0.1) is 0 Å². The second kappa shape index (κ2) is 5.08. The number of hydrogen-bond donors (Lipinski definition) is 2. The van der Waals surface area contributed by atoms with E-state index in [1.54, 1.807) is 6.92 Å². The van der Waals surface area contributed by atoms with E-state index in [0.29, 0.717) is 19.0 Å². The van der Waals surface area contributed by atoms with E-state index in [4.69, 9.17) is 10.5 Å². The molecule has 4 nitrogen and oxygen atoms in total. The Morgan fingerprint density at radius 1 is 1.28 bits per heavy atom. The molecule has 0 aromatic heterocycles. The van der Waals surface area contributed by atoms with Gasteiger partial charge < -0.3 is 15.6 Å². The lowest BCUT2D eigenvalue weighted by atomic mass is 9.92. The van der Waals surface area contributed by atoms with E-state index in [0.717, 1.165) is 13.1 Å². The smallest absolute Gasteiger partial charge is 0.0760 e. The SMILES string of the molecule is CC(CC(C)(O)CN)N1CC(C)(C)OC(C)(C)C1. The fraction of sp³-hybridized carbons (Fsp3) is 1.00. The summed E-state index contributed by atoms with van der Waals surface area (Å²) >= 11 is 0. The third-order valence-electron chi connectivity index (χ3n) is 3.52. The zero-order valence-electron chi connectivity index (χ0n) is 12.8. The molecule has 18 heavy (non-hydrogen) atoms. The molecule has 1 fully saturated rings. The van der Waals surface area contributed by atoms with Crippen molar-refractivity contribution in [2.24, 2.45) is 5.73 Å². The lowest BCUT2D eigenvalue weighted by molar-refractivity contribution is -0.189. The first-order chi connectivity index (χ1) is 7.96. The van der Waals surface area contributed by atoms with E-state index >= 15 is 0 Å². The van der Waals surface area contributed by atoms with E-state index in [1.165, 1.54) is 0 Å². The van der Waals surface area contributed by atoms with Crippen molar-refractivity contribution in [3.63, 3.8) is 0 Å². The molecule has 4 heteroatoms. The minimum Gasteiger partial charge on any atom is -0.389 e. The fourth-order valence-corrected chi connectivity index (χ4v) is 3.01. The summed E-state index contributed by atoms with van der Waals surface area (Å²) in [4.78, 5) is 2.40. The van der Waals surface area contributed by atoms with Gasteiger partial charge in [-0.1, -0.05) is 0 Å². The highest BCUT2D eigenvalue weighted by Gasteiger charge is 2.40. The van der Waals surface area contributed by atoms with Crippen LogP contribution < -0.4 is 5.73 Å². The molecule has 0 aliphatic carbocycles. The predicted molar refractivity (Wildman–Crippen MR) is 74.6 cm³/mol. The van der Waals surface area contributed by atoms with Crippen LogP contribution in [0.2, 0.25) is 0 Å². The van der Waals surface area contributed by atoms with Crippen molar-refractivity contribution in [1.29, 1.82) is 0 Å². The minimum absolute atomic E-state index is 0.148. The molecule has 3 N–H and O–H groups in total. The van der Waals surface area contributed by atoms with E-state index in [2.05, 4.69) is 39.5 Å². The summed E-state index contributed by atoms with van der Waals surface area (Å²) in [6.45, 7) is 14.5. The molecule has 0 aromatic rings. The molecular weight excluding hydrogens is 228 g/mol. The first-order valence-corrected chi connectivity index (χ1v) is 6.83. The second-order valence-electron chi connectivity index (χ2n) is 7.28. The minimum atomic E-state index is -0.786. The zero-order valence-corrected chi connectivity index (χ0v) is 12.8. The van der Waals surface area contributed by atoms with Crippen LogP contribution in [0.25, 0.3) is 0 Å². The largest absolute Gasteiger partial charge is 0.389 e. The Kier molecular flexibility index (Phi) is 4.49. The van der Waals surface area contributed by atoms with Gasteiger partial charge in [0.25, 0.3) is 0 Å². The third kappa shape index (κ3) is 4.50. The molecular formula is C14H30N2O2. The summed E-state index contributed by atoms with van der Waals surface area (Å²) in [6.07, 6.45) is 0.690. The van der Waals surface area contributed by atoms with Gasteiger partial charge in [0.05, 0.1) is 16.8 Å². The summed E-state index contributed by atoms with van der Waals surface area (Å²) < 4.78 is 6.07. The molecule has 0 saturated carbocycles. The summed E-state index contributed by atoms with van der Waals surface area (Å²) in [5.74, 6) is 0. The lowest BCUT2D eigenvalue weighted by Gasteiger charge is -2.49. The topological polar surface area (TPSA) is 58.7 Å². The van der Waals surface area contributed by atoms with Crippen molar-refractivity contribution in [2.45, 2.75) is 70.8 Å². The number of hydrogen-bond acceptors (Lipinski definition) is 4. The Morgan fingerprint density at radius 2 is 1.72 bits per heavy atom. The van der Waals surface area contributed by atoms with Crippen LogP contribution in [0.4, 0.5) is 0 Å². The van der Waals surface area contributed by atoms with E-state index in [9.17, 15) is 5.11 Å². The molecule has 1 aliphatic heterocycles. The summed E-state index contributed by atoms with van der Waals surface area (Å²) in [5, 5.41) is 10.1. The van der Waals surface area contributed by atoms with Gasteiger partial charge in [-0.15, -0.1) is 0 Å². The maximum Gasteiger partial charge on any atom is 0.0760 e. The van der Waals surface area contributed by atoms with Crippen molar-refractivity contribution < 1.29 is 9.84 Å². The van der Waals surface area contributed by atoms with Crippen molar-refractivity contribution in [3.05, 3.63) is 0 Å². The fourth-order valence-electron chi connectivity index (χ4n) is 3.01. The number of ether oxygens (including phenoxy) is 1. The van der Waals surface area contributed by atoms with Crippen LogP contribution in [0.1, 0.15) is 48.0 Å². The summed E-state index contributed by atoms with van der Waals surface area (Å²) in [6, 6.07) is 0.297. The van der Waals surface area contributed by atoms with Gasteiger partial charge >= 0.3 is 0 Å². The van der Waals surface area contributed by atoms with Gasteiger partial charge in [0.15, 0.2) is 0 Å². The molecule has 0 bridgehead atoms. The first-order valence-electron chi connectivity index (χ1n) is 6.83. The standard InChI is InChI=1S/C14H30N2O2/c1-11(7-14(6,17)8-15)16-9-12(2,3)18-13(4,5)10-16/h11,17H,7-10,15H2,1-6H3. The number of aliphatic hydroxyl groups is 1. The molecule has 2 atom stereocenters. The van der Waals surface area contributed by atoms with Crippen LogP contribution in [0.15, 0.2) is 0 Å². The maximum absolute atomic E-state index is 10.1. The molecule has 1 rings (SSSR count). The highest BCUT2D eigenvalue weighted by molar-refractivity contribution is 4.92. The van der Waals surface area contributed by atoms with Gasteiger partial charge in [-0.25, -0.2) is 0 Å². The van der Waals surface area contributed by atoms with Crippen molar-refractivity contribution in [3.8, 4) is 0 Å². The average Bonchev–Trinajstić information content (AvgIpc) is 2.12. The molecule has 1 saturated heterocycles. The van der Waals surface area contributed by atoms with E-state index in [1.807, 2.05) is 0 Å². The quantitative estimate of drug-likeness (QED) is 0.799. The molecule has 0 aromatic carbocycles. The Morgan fingerprint density at radius 3 is 2.11 bits per heavy atom. The van der Waals surface area contributed by atoms with Crippen molar-refractivity contribution >= 4 is 0 Å². The number of nitrogens with zero attached hydrogens (tertiary/aromatic N) is 1. The van der Waals surface area contributed by atoms with E-state index < -0.39 is 5.60 Å². The number of nitrogens with two attached hydrogens (primary N) is 1. The lowest BCUT2D eigenvalue weighted by Crippen LogP contribution is -2.60. The van der Waals surface area contributed by atoms with Crippen LogP contribution in [0.5, 0.6) is 0 Å². The zero-order chi connectivity index (χ0) is 14.2. The monoisotopic (exact) mass is 258 g/mol. The maximum atomic E-state index is 10.1. The Balaban J connectivity index is 2.71. The van der Waals surface area contributed by atoms with Gasteiger partial charge in [-0.3, -0.25) is 4.90 Å². The Hall–Kier alpha value is -0.160. The molecule has 0 radical (unpaired) electrons. The molecule has 1 heterocycles. The second-order valence-corrected chi connectivity index (χ2v) is 7.28. The van der Waals surface area contributed by atoms with Crippen molar-refractivity contribution in [1.82, 2.24) is 4.90 Å². The van der Waals surface area contributed by atoms with Gasteiger partial charge in [0, 0.05) is 25.7 Å². The van der Waals surface area contributed by atoms with Crippen LogP contribution in [-0.2, 0) is 4.74 Å². The first kappa shape index (κ1) is 15.9. The van der Waals surface area contributed by atoms with Gasteiger partial charge in [0.2, 0.25) is 0 Å². The molecule has 1 aliphatic rings. The molecule has 108 valence electrons. The number of rotatable bonds is 4.